The van der Waals surface area contributed by atoms with Crippen LogP contribution in [0.3, 0.4) is 0 Å². The van der Waals surface area contributed by atoms with Crippen molar-refractivity contribution in [3.8, 4) is 0 Å². The molecule has 0 radical (unpaired) electrons. The molecule has 1 aromatic heterocycles. The summed E-state index contributed by atoms with van der Waals surface area (Å²) in [6, 6.07) is 4.55. The van der Waals surface area contributed by atoms with Gasteiger partial charge in [0, 0.05) is 11.9 Å². The van der Waals surface area contributed by atoms with Gasteiger partial charge in [-0.3, -0.25) is 10.4 Å². The zero-order chi connectivity index (χ0) is 12.2. The molecule has 0 aromatic carbocycles. The Hall–Kier alpha value is -1.23. The number of aromatic amines is 1. The van der Waals surface area contributed by atoms with Crippen LogP contribution in [0, 0.1) is 0 Å². The number of amidine groups is 1. The molecule has 18 heavy (non-hydrogen) atoms. The van der Waals surface area contributed by atoms with Crippen LogP contribution in [-0.2, 0) is 0 Å². The van der Waals surface area contributed by atoms with Crippen molar-refractivity contribution in [1.82, 2.24) is 10.4 Å². The minimum Gasteiger partial charge on any atom is -0.360 e. The van der Waals surface area contributed by atoms with Gasteiger partial charge in [0.1, 0.15) is 0 Å². The van der Waals surface area contributed by atoms with Crippen molar-refractivity contribution in [3.63, 3.8) is 0 Å². The van der Waals surface area contributed by atoms with Gasteiger partial charge in [-0.1, -0.05) is 31.0 Å². The van der Waals surface area contributed by atoms with Gasteiger partial charge >= 0.3 is 0 Å². The Bertz CT molecular complexity index is 444. The summed E-state index contributed by atoms with van der Waals surface area (Å²) in [7, 11) is 0. The summed E-state index contributed by atoms with van der Waals surface area (Å²) >= 11 is 1.75. The van der Waals surface area contributed by atoms with Crippen molar-refractivity contribution >= 4 is 22.6 Å². The van der Waals surface area contributed by atoms with Gasteiger partial charge in [0.05, 0.1) is 17.4 Å². The van der Waals surface area contributed by atoms with E-state index in [1.54, 1.807) is 11.8 Å². The van der Waals surface area contributed by atoms with Gasteiger partial charge in [-0.25, -0.2) is 0 Å². The first kappa shape index (κ1) is 11.8. The van der Waals surface area contributed by atoms with Crippen LogP contribution in [0.2, 0.25) is 0 Å². The van der Waals surface area contributed by atoms with Gasteiger partial charge in [-0.15, -0.1) is 0 Å². The molecule has 1 fully saturated rings. The Morgan fingerprint density at radius 1 is 1.28 bits per heavy atom. The zero-order valence-corrected chi connectivity index (χ0v) is 11.2. The van der Waals surface area contributed by atoms with Crippen molar-refractivity contribution in [1.29, 1.82) is 0 Å². The number of rotatable bonds is 2. The maximum atomic E-state index is 4.76. The second-order valence-corrected chi connectivity index (χ2v) is 5.73. The first-order valence-corrected chi connectivity index (χ1v) is 7.57. The van der Waals surface area contributed by atoms with E-state index < -0.39 is 0 Å². The fourth-order valence-corrected chi connectivity index (χ4v) is 3.23. The van der Waals surface area contributed by atoms with E-state index in [-0.39, 0.29) is 0 Å². The fraction of sp³-hybridized carbons (Fsp3) is 0.538. The van der Waals surface area contributed by atoms with Gasteiger partial charge in [0.25, 0.3) is 0 Å². The Kier molecular flexibility index (Phi) is 3.69. The van der Waals surface area contributed by atoms with E-state index >= 15 is 0 Å². The van der Waals surface area contributed by atoms with Crippen molar-refractivity contribution in [2.75, 3.05) is 5.75 Å². The number of aromatic nitrogens is 1. The molecule has 0 saturated heterocycles. The lowest BCUT2D eigenvalue weighted by atomic mass is 9.96. The van der Waals surface area contributed by atoms with Crippen LogP contribution >= 0.6 is 11.8 Å². The molecule has 0 bridgehead atoms. The SMILES string of the molecule is c1c[nH]c(C2=NNC(=NC3CCCCC3)SC2)c1. The highest BCUT2D eigenvalue weighted by atomic mass is 32.2. The van der Waals surface area contributed by atoms with Gasteiger partial charge in [-0.2, -0.15) is 5.10 Å². The van der Waals surface area contributed by atoms with Crippen LogP contribution in [0.15, 0.2) is 28.4 Å². The summed E-state index contributed by atoms with van der Waals surface area (Å²) in [5.41, 5.74) is 5.24. The van der Waals surface area contributed by atoms with E-state index in [0.29, 0.717) is 6.04 Å². The average molecular weight is 262 g/mol. The van der Waals surface area contributed by atoms with Crippen molar-refractivity contribution < 1.29 is 0 Å². The summed E-state index contributed by atoms with van der Waals surface area (Å²) in [6.45, 7) is 0. The second-order valence-electron chi connectivity index (χ2n) is 4.77. The first-order valence-electron chi connectivity index (χ1n) is 6.59. The van der Waals surface area contributed by atoms with E-state index in [0.717, 1.165) is 22.3 Å². The highest BCUT2D eigenvalue weighted by Crippen LogP contribution is 2.22. The number of hydrazone groups is 1. The van der Waals surface area contributed by atoms with Crippen LogP contribution in [-0.4, -0.2) is 27.7 Å². The minimum atomic E-state index is 0.510. The number of hydrogen-bond donors (Lipinski definition) is 2. The molecule has 1 saturated carbocycles. The second kappa shape index (κ2) is 5.61. The molecule has 4 nitrogen and oxygen atoms in total. The van der Waals surface area contributed by atoms with Crippen molar-refractivity contribution in [3.05, 3.63) is 24.0 Å². The number of nitrogens with one attached hydrogen (secondary N) is 2. The normalized spacial score (nSPS) is 23.8. The number of hydrogen-bond acceptors (Lipinski definition) is 3. The maximum Gasteiger partial charge on any atom is 0.177 e. The number of H-pyrrole nitrogens is 1. The summed E-state index contributed by atoms with van der Waals surface area (Å²) < 4.78 is 0. The van der Waals surface area contributed by atoms with Gasteiger partial charge in [-0.05, 0) is 25.0 Å². The van der Waals surface area contributed by atoms with Crippen molar-refractivity contribution in [2.24, 2.45) is 10.1 Å². The Labute approximate surface area is 111 Å². The van der Waals surface area contributed by atoms with E-state index in [4.69, 9.17) is 4.99 Å². The van der Waals surface area contributed by atoms with E-state index in [1.807, 2.05) is 18.3 Å². The largest absolute Gasteiger partial charge is 0.360 e. The topological polar surface area (TPSA) is 52.5 Å². The summed E-state index contributed by atoms with van der Waals surface area (Å²) in [4.78, 5) is 7.94. The molecule has 2 heterocycles. The molecule has 1 aliphatic heterocycles. The molecule has 0 unspecified atom stereocenters. The molecule has 3 rings (SSSR count). The lowest BCUT2D eigenvalue weighted by molar-refractivity contribution is 0.443. The number of thioether (sulfide) groups is 1. The first-order chi connectivity index (χ1) is 8.92. The van der Waals surface area contributed by atoms with E-state index in [2.05, 4.69) is 15.5 Å². The van der Waals surface area contributed by atoms with Crippen LogP contribution in [0.4, 0.5) is 0 Å². The molecule has 1 aliphatic carbocycles. The third kappa shape index (κ3) is 2.77. The predicted octanol–water partition coefficient (Wildman–Crippen LogP) is 2.74. The summed E-state index contributed by atoms with van der Waals surface area (Å²) in [5, 5.41) is 5.39. The number of aliphatic imine (C=N–C) groups is 1. The molecule has 0 spiro atoms. The third-order valence-electron chi connectivity index (χ3n) is 3.42. The predicted molar refractivity (Wildman–Crippen MR) is 77.2 cm³/mol. The molecule has 0 amide bonds. The lowest BCUT2D eigenvalue weighted by Gasteiger charge is -2.20. The van der Waals surface area contributed by atoms with Crippen LogP contribution in [0.1, 0.15) is 37.8 Å². The molecule has 5 heteroatoms. The van der Waals surface area contributed by atoms with Crippen molar-refractivity contribution in [2.45, 2.75) is 38.1 Å². The highest BCUT2D eigenvalue weighted by molar-refractivity contribution is 8.14. The Balaban J connectivity index is 1.63. The quantitative estimate of drug-likeness (QED) is 0.861. The van der Waals surface area contributed by atoms with Crippen LogP contribution < -0.4 is 5.43 Å². The van der Waals surface area contributed by atoms with Gasteiger partial charge in [0.15, 0.2) is 5.17 Å². The van der Waals surface area contributed by atoms with E-state index in [1.165, 1.54) is 32.1 Å². The maximum absolute atomic E-state index is 4.76. The Morgan fingerprint density at radius 2 is 2.17 bits per heavy atom. The standard InChI is InChI=1S/C13H18N4S/c1-2-5-10(6-3-1)15-13-17-16-12(9-18-13)11-7-4-8-14-11/h4,7-8,10,14H,1-3,5-6,9H2,(H,15,17). The molecule has 1 aromatic rings. The third-order valence-corrected chi connectivity index (χ3v) is 4.30. The van der Waals surface area contributed by atoms with Gasteiger partial charge < -0.3 is 4.98 Å². The van der Waals surface area contributed by atoms with Crippen LogP contribution in [0.5, 0.6) is 0 Å². The van der Waals surface area contributed by atoms with Gasteiger partial charge in [0.2, 0.25) is 0 Å². The molecular weight excluding hydrogens is 244 g/mol. The zero-order valence-electron chi connectivity index (χ0n) is 10.4. The minimum absolute atomic E-state index is 0.510. The molecule has 2 N–H and O–H groups in total. The number of nitrogens with zero attached hydrogens (tertiary/aromatic N) is 2. The average Bonchev–Trinajstić information content (AvgIpc) is 2.95. The van der Waals surface area contributed by atoms with E-state index in [9.17, 15) is 0 Å². The molecule has 2 aliphatic rings. The molecule has 0 atom stereocenters. The summed E-state index contributed by atoms with van der Waals surface area (Å²) in [5.74, 6) is 0.888. The molecule has 96 valence electrons. The lowest BCUT2D eigenvalue weighted by Crippen LogP contribution is -2.27. The van der Waals surface area contributed by atoms with Crippen LogP contribution in [0.25, 0.3) is 0 Å². The summed E-state index contributed by atoms with van der Waals surface area (Å²) in [6.07, 6.45) is 8.41. The fourth-order valence-electron chi connectivity index (χ4n) is 2.41. The smallest absolute Gasteiger partial charge is 0.177 e. The Morgan fingerprint density at radius 3 is 2.83 bits per heavy atom. The molecular formula is C13H18N4S. The highest BCUT2D eigenvalue weighted by Gasteiger charge is 2.17. The monoisotopic (exact) mass is 262 g/mol.